The lowest BCUT2D eigenvalue weighted by Gasteiger charge is -2.26. The number of aromatic nitrogens is 1. The minimum Gasteiger partial charge on any atom is -0.311 e. The molecular formula is C49H32N2S2. The summed E-state index contributed by atoms with van der Waals surface area (Å²) in [5.41, 5.74) is 12.7. The van der Waals surface area contributed by atoms with Gasteiger partial charge >= 0.3 is 0 Å². The van der Waals surface area contributed by atoms with E-state index in [1.165, 1.54) is 52.7 Å². The molecule has 10 aromatic rings. The highest BCUT2D eigenvalue weighted by molar-refractivity contribution is 7.27. The Labute approximate surface area is 316 Å². The summed E-state index contributed by atoms with van der Waals surface area (Å²) in [7, 11) is 0. The third kappa shape index (κ3) is 5.79. The van der Waals surface area contributed by atoms with Gasteiger partial charge < -0.3 is 4.90 Å². The summed E-state index contributed by atoms with van der Waals surface area (Å²) in [6, 6.07) is 69.6. The van der Waals surface area contributed by atoms with Gasteiger partial charge in [0.2, 0.25) is 0 Å². The van der Waals surface area contributed by atoms with Crippen LogP contribution in [-0.2, 0) is 0 Å². The van der Waals surface area contributed by atoms with E-state index in [1.54, 1.807) is 11.3 Å². The van der Waals surface area contributed by atoms with Gasteiger partial charge in [-0.15, -0.1) is 22.7 Å². The smallest absolute Gasteiger partial charge is 0.124 e. The summed E-state index contributed by atoms with van der Waals surface area (Å²) >= 11 is 3.64. The van der Waals surface area contributed by atoms with E-state index in [0.29, 0.717) is 0 Å². The number of hydrogen-bond acceptors (Lipinski definition) is 4. The van der Waals surface area contributed by atoms with Crippen LogP contribution in [0.3, 0.4) is 0 Å². The first-order valence-electron chi connectivity index (χ1n) is 17.8. The van der Waals surface area contributed by atoms with E-state index in [2.05, 4.69) is 199 Å². The Morgan fingerprint density at radius 2 is 0.811 bits per heavy atom. The molecule has 0 amide bonds. The van der Waals surface area contributed by atoms with Gasteiger partial charge in [0.1, 0.15) is 5.01 Å². The number of rotatable bonds is 7. The van der Waals surface area contributed by atoms with Gasteiger partial charge in [0.15, 0.2) is 0 Å². The Hall–Kier alpha value is -6.33. The van der Waals surface area contributed by atoms with Gasteiger partial charge in [0.25, 0.3) is 0 Å². The van der Waals surface area contributed by atoms with Gasteiger partial charge in [-0.2, -0.15) is 0 Å². The SMILES string of the molecule is c1ccc(-c2ccc(N(c3ccc(-c4ccccc4)cc3)c3ccc(-c4c5nc(-c6ccccc6)sc5cc5sc6ccccc6c45)cc3)cc2)cc1. The number of thiazole rings is 1. The number of thiophene rings is 1. The van der Waals surface area contributed by atoms with Crippen molar-refractivity contribution in [2.24, 2.45) is 0 Å². The van der Waals surface area contributed by atoms with Crippen molar-refractivity contribution in [3.63, 3.8) is 0 Å². The molecule has 53 heavy (non-hydrogen) atoms. The Kier molecular flexibility index (Phi) is 7.90. The van der Waals surface area contributed by atoms with Gasteiger partial charge in [-0.05, 0) is 76.3 Å². The number of anilines is 3. The number of hydrogen-bond donors (Lipinski definition) is 0. The van der Waals surface area contributed by atoms with Crippen molar-refractivity contribution in [1.82, 2.24) is 4.98 Å². The van der Waals surface area contributed by atoms with Crippen molar-refractivity contribution < 1.29 is 0 Å². The minimum atomic E-state index is 1.05. The van der Waals surface area contributed by atoms with Crippen LogP contribution in [0.1, 0.15) is 0 Å². The molecule has 0 aliphatic carbocycles. The Morgan fingerprint density at radius 3 is 1.36 bits per heavy atom. The highest BCUT2D eigenvalue weighted by Crippen LogP contribution is 2.47. The van der Waals surface area contributed by atoms with Crippen LogP contribution in [0, 0.1) is 0 Å². The molecule has 2 aromatic heterocycles. The van der Waals surface area contributed by atoms with Gasteiger partial charge in [-0.3, -0.25) is 0 Å². The summed E-state index contributed by atoms with van der Waals surface area (Å²) in [5, 5.41) is 3.60. The third-order valence-electron chi connectivity index (χ3n) is 9.93. The zero-order valence-corrected chi connectivity index (χ0v) is 30.3. The first-order chi connectivity index (χ1) is 26.3. The van der Waals surface area contributed by atoms with Crippen molar-refractivity contribution in [3.8, 4) is 44.0 Å². The van der Waals surface area contributed by atoms with Gasteiger partial charge in [0, 0.05) is 48.4 Å². The largest absolute Gasteiger partial charge is 0.311 e. The number of benzene rings is 8. The van der Waals surface area contributed by atoms with E-state index < -0.39 is 0 Å². The standard InChI is InChI=1S/C49H32N2S2/c1-4-12-33(13-5-1)35-20-26-39(27-21-35)51(40-28-22-36(23-29-40)34-14-6-2-7-15-34)41-30-24-37(25-31-41)46-47-42-18-10-11-19-43(42)52-44(47)32-45-48(46)50-49(53-45)38-16-8-3-9-17-38/h1-32H. The summed E-state index contributed by atoms with van der Waals surface area (Å²) in [5.74, 6) is 0. The topological polar surface area (TPSA) is 16.1 Å². The molecule has 0 fully saturated rings. The van der Waals surface area contributed by atoms with Crippen molar-refractivity contribution in [2.45, 2.75) is 0 Å². The van der Waals surface area contributed by atoms with Crippen molar-refractivity contribution in [3.05, 3.63) is 194 Å². The highest BCUT2D eigenvalue weighted by Gasteiger charge is 2.20. The molecule has 250 valence electrons. The van der Waals surface area contributed by atoms with Crippen LogP contribution in [0.5, 0.6) is 0 Å². The van der Waals surface area contributed by atoms with Gasteiger partial charge in [-0.25, -0.2) is 4.98 Å². The predicted octanol–water partition coefficient (Wildman–Crippen LogP) is 14.8. The fourth-order valence-corrected chi connectivity index (χ4v) is 9.60. The molecule has 0 atom stereocenters. The normalized spacial score (nSPS) is 11.4. The first kappa shape index (κ1) is 31.4. The lowest BCUT2D eigenvalue weighted by molar-refractivity contribution is 1.28. The zero-order chi connectivity index (χ0) is 35.1. The van der Waals surface area contributed by atoms with Crippen molar-refractivity contribution >= 4 is 70.1 Å². The Morgan fingerprint density at radius 1 is 0.358 bits per heavy atom. The van der Waals surface area contributed by atoms with E-state index >= 15 is 0 Å². The molecule has 0 saturated heterocycles. The quantitative estimate of drug-likeness (QED) is 0.164. The summed E-state index contributed by atoms with van der Waals surface area (Å²) in [6.45, 7) is 0. The molecule has 4 heteroatoms. The molecule has 0 spiro atoms. The van der Waals surface area contributed by atoms with Crippen LogP contribution in [0.15, 0.2) is 194 Å². The monoisotopic (exact) mass is 712 g/mol. The molecule has 2 heterocycles. The van der Waals surface area contributed by atoms with Crippen LogP contribution in [0.4, 0.5) is 17.1 Å². The Bertz CT molecular complexity index is 2760. The fourth-order valence-electron chi connectivity index (χ4n) is 7.35. The van der Waals surface area contributed by atoms with Crippen LogP contribution >= 0.6 is 22.7 Å². The average molecular weight is 713 g/mol. The van der Waals surface area contributed by atoms with E-state index in [4.69, 9.17) is 4.98 Å². The molecule has 0 aliphatic rings. The zero-order valence-electron chi connectivity index (χ0n) is 28.7. The summed E-state index contributed by atoms with van der Waals surface area (Å²) in [4.78, 5) is 7.67. The number of fused-ring (bicyclic) bond motifs is 4. The maximum Gasteiger partial charge on any atom is 0.124 e. The lowest BCUT2D eigenvalue weighted by Crippen LogP contribution is -2.09. The molecule has 0 aliphatic heterocycles. The summed E-state index contributed by atoms with van der Waals surface area (Å²) < 4.78 is 3.80. The molecule has 8 aromatic carbocycles. The second-order valence-electron chi connectivity index (χ2n) is 13.2. The van der Waals surface area contributed by atoms with E-state index in [0.717, 1.165) is 38.7 Å². The second-order valence-corrected chi connectivity index (χ2v) is 15.3. The lowest BCUT2D eigenvalue weighted by atomic mass is 9.97. The minimum absolute atomic E-state index is 1.05. The van der Waals surface area contributed by atoms with Crippen LogP contribution in [-0.4, -0.2) is 4.98 Å². The third-order valence-corrected chi connectivity index (χ3v) is 12.1. The molecule has 10 rings (SSSR count). The first-order valence-corrected chi connectivity index (χ1v) is 19.4. The van der Waals surface area contributed by atoms with Gasteiger partial charge in [-0.1, -0.05) is 146 Å². The van der Waals surface area contributed by atoms with E-state index in [1.807, 2.05) is 11.3 Å². The second kappa shape index (κ2) is 13.3. The van der Waals surface area contributed by atoms with Crippen molar-refractivity contribution in [2.75, 3.05) is 4.90 Å². The van der Waals surface area contributed by atoms with E-state index in [9.17, 15) is 0 Å². The van der Waals surface area contributed by atoms with Gasteiger partial charge in [0.05, 0.1) is 10.2 Å². The van der Waals surface area contributed by atoms with Crippen LogP contribution in [0.2, 0.25) is 0 Å². The van der Waals surface area contributed by atoms with Crippen LogP contribution < -0.4 is 4.90 Å². The maximum absolute atomic E-state index is 5.33. The van der Waals surface area contributed by atoms with E-state index in [-0.39, 0.29) is 0 Å². The average Bonchev–Trinajstić information content (AvgIpc) is 3.83. The molecule has 0 saturated carbocycles. The summed E-state index contributed by atoms with van der Waals surface area (Å²) in [6.07, 6.45) is 0. The fraction of sp³-hybridized carbons (Fsp3) is 0. The highest BCUT2D eigenvalue weighted by atomic mass is 32.1. The van der Waals surface area contributed by atoms with Crippen LogP contribution in [0.25, 0.3) is 74.3 Å². The maximum atomic E-state index is 5.33. The molecule has 0 radical (unpaired) electrons. The predicted molar refractivity (Wildman–Crippen MR) is 229 cm³/mol. The molecule has 2 nitrogen and oxygen atoms in total. The molecular weight excluding hydrogens is 681 g/mol. The molecule has 0 bridgehead atoms. The molecule has 0 unspecified atom stereocenters. The Balaban J connectivity index is 1.11. The molecule has 0 N–H and O–H groups in total. The van der Waals surface area contributed by atoms with Crippen molar-refractivity contribution in [1.29, 1.82) is 0 Å². The number of nitrogens with zero attached hydrogens (tertiary/aromatic N) is 2.